The lowest BCUT2D eigenvalue weighted by Crippen LogP contribution is -2.43. The Kier molecular flexibility index (Phi) is 5.45. The van der Waals surface area contributed by atoms with E-state index in [1.807, 2.05) is 31.2 Å². The molecule has 0 unspecified atom stereocenters. The quantitative estimate of drug-likeness (QED) is 0.505. The molecule has 0 aromatic heterocycles. The van der Waals surface area contributed by atoms with Crippen LogP contribution < -0.4 is 0 Å². The van der Waals surface area contributed by atoms with Gasteiger partial charge in [0.1, 0.15) is 13.8 Å². The molecule has 128 valence electrons. The van der Waals surface area contributed by atoms with E-state index < -0.39 is 8.07 Å². The monoisotopic (exact) mass is 338 g/mol. The molecule has 0 heterocycles. The highest BCUT2D eigenvalue weighted by Crippen LogP contribution is 2.41. The fraction of sp³-hybridized carbons (Fsp3) is 0.455. The van der Waals surface area contributed by atoms with E-state index in [-0.39, 0.29) is 0 Å². The smallest absolute Gasteiger partial charge is 0.146 e. The molecule has 0 aliphatic rings. The lowest BCUT2D eigenvalue weighted by molar-refractivity contribution is 0.481. The molecule has 2 aromatic rings. The molecule has 0 spiro atoms. The molecule has 0 aliphatic heterocycles. The predicted molar refractivity (Wildman–Crippen MR) is 108 cm³/mol. The van der Waals surface area contributed by atoms with Crippen molar-refractivity contribution in [2.45, 2.75) is 65.1 Å². The van der Waals surface area contributed by atoms with Gasteiger partial charge in [0.15, 0.2) is 0 Å². The largest absolute Gasteiger partial charge is 0.507 e. The van der Waals surface area contributed by atoms with Gasteiger partial charge in [-0.3, -0.25) is 0 Å². The summed E-state index contributed by atoms with van der Waals surface area (Å²) >= 11 is 0. The van der Waals surface area contributed by atoms with Gasteiger partial charge in [-0.1, -0.05) is 65.7 Å². The van der Waals surface area contributed by atoms with E-state index in [0.717, 1.165) is 21.9 Å². The Balaban J connectivity index is 2.68. The molecule has 1 N–H and O–H groups in total. The first-order valence-electron chi connectivity index (χ1n) is 8.95. The molecule has 0 bridgehead atoms. The number of hydrogen-bond donors (Lipinski definition) is 1. The van der Waals surface area contributed by atoms with Crippen molar-refractivity contribution in [2.75, 3.05) is 0 Å². The van der Waals surface area contributed by atoms with Crippen LogP contribution in [0.25, 0.3) is 10.8 Å². The summed E-state index contributed by atoms with van der Waals surface area (Å²) in [4.78, 5) is 0. The molecule has 2 aromatic carbocycles. The number of phenolic OH excluding ortho intramolecular Hbond substituents is 1. The maximum Gasteiger partial charge on any atom is 0.146 e. The van der Waals surface area contributed by atoms with Crippen molar-refractivity contribution in [2.24, 2.45) is 0 Å². The van der Waals surface area contributed by atoms with E-state index in [2.05, 4.69) is 59.1 Å². The Morgan fingerprint density at radius 2 is 1.50 bits per heavy atom. The maximum absolute atomic E-state index is 10.4. The van der Waals surface area contributed by atoms with Gasteiger partial charge < -0.3 is 5.11 Å². The van der Waals surface area contributed by atoms with Crippen molar-refractivity contribution in [1.82, 2.24) is 0 Å². The molecule has 0 aliphatic carbocycles. The SMILES string of the molecule is Cc1cc(O)c2c(C#C[Si](C(C)C)(C(C)C)C(C)C)cccc2c1. The molecule has 0 saturated carbocycles. The predicted octanol–water partition coefficient (Wildman–Crippen LogP) is 6.42. The first-order chi connectivity index (χ1) is 11.2. The van der Waals surface area contributed by atoms with E-state index in [4.69, 9.17) is 0 Å². The molecule has 0 fully saturated rings. The van der Waals surface area contributed by atoms with Gasteiger partial charge in [-0.05, 0) is 46.6 Å². The maximum atomic E-state index is 10.4. The van der Waals surface area contributed by atoms with Crippen molar-refractivity contribution in [3.05, 3.63) is 41.5 Å². The Labute approximate surface area is 148 Å². The lowest BCUT2D eigenvalue weighted by atomic mass is 10.0. The van der Waals surface area contributed by atoms with E-state index >= 15 is 0 Å². The third-order valence-electron chi connectivity index (χ3n) is 5.38. The molecule has 0 amide bonds. The van der Waals surface area contributed by atoms with E-state index in [0.29, 0.717) is 22.4 Å². The summed E-state index contributed by atoms with van der Waals surface area (Å²) in [5.74, 6) is 3.82. The second-order valence-electron chi connectivity index (χ2n) is 7.83. The Morgan fingerprint density at radius 1 is 0.917 bits per heavy atom. The number of benzene rings is 2. The Morgan fingerprint density at radius 3 is 2.04 bits per heavy atom. The molecule has 24 heavy (non-hydrogen) atoms. The summed E-state index contributed by atoms with van der Waals surface area (Å²) < 4.78 is 0. The number of rotatable bonds is 3. The number of aryl methyl sites for hydroxylation is 1. The molecule has 2 rings (SSSR count). The van der Waals surface area contributed by atoms with Gasteiger partial charge in [-0.25, -0.2) is 0 Å². The van der Waals surface area contributed by atoms with Gasteiger partial charge in [0.05, 0.1) is 0 Å². The summed E-state index contributed by atoms with van der Waals surface area (Å²) in [7, 11) is -1.77. The Hall–Kier alpha value is -1.72. The first-order valence-corrected chi connectivity index (χ1v) is 11.2. The van der Waals surface area contributed by atoms with Gasteiger partial charge in [0.2, 0.25) is 0 Å². The number of hydrogen-bond acceptors (Lipinski definition) is 1. The zero-order chi connectivity index (χ0) is 18.1. The summed E-state index contributed by atoms with van der Waals surface area (Å²) in [6.45, 7) is 16.0. The van der Waals surface area contributed by atoms with Gasteiger partial charge in [-0.15, -0.1) is 5.54 Å². The average Bonchev–Trinajstić information content (AvgIpc) is 2.46. The zero-order valence-electron chi connectivity index (χ0n) is 16.1. The minimum atomic E-state index is -1.77. The number of fused-ring (bicyclic) bond motifs is 1. The van der Waals surface area contributed by atoms with Crippen LogP contribution in [0.15, 0.2) is 30.3 Å². The fourth-order valence-corrected chi connectivity index (χ4v) is 9.48. The van der Waals surface area contributed by atoms with E-state index in [1.165, 1.54) is 0 Å². The van der Waals surface area contributed by atoms with Crippen LogP contribution in [0.5, 0.6) is 5.75 Å². The second-order valence-corrected chi connectivity index (χ2v) is 13.4. The molecule has 0 radical (unpaired) electrons. The normalized spacial score (nSPS) is 12.1. The number of aromatic hydroxyl groups is 1. The molecular weight excluding hydrogens is 308 g/mol. The molecule has 0 atom stereocenters. The highest BCUT2D eigenvalue weighted by atomic mass is 28.3. The summed E-state index contributed by atoms with van der Waals surface area (Å²) in [5, 5.41) is 12.4. The van der Waals surface area contributed by atoms with Gasteiger partial charge in [0.25, 0.3) is 0 Å². The molecule has 1 nitrogen and oxygen atoms in total. The van der Waals surface area contributed by atoms with Crippen molar-refractivity contribution in [1.29, 1.82) is 0 Å². The van der Waals surface area contributed by atoms with Crippen molar-refractivity contribution >= 4 is 18.8 Å². The third-order valence-corrected chi connectivity index (χ3v) is 11.7. The Bertz CT molecular complexity index is 769. The topological polar surface area (TPSA) is 20.2 Å². The minimum Gasteiger partial charge on any atom is -0.507 e. The first kappa shape index (κ1) is 18.6. The zero-order valence-corrected chi connectivity index (χ0v) is 17.1. The van der Waals surface area contributed by atoms with Crippen LogP contribution >= 0.6 is 0 Å². The van der Waals surface area contributed by atoms with Crippen LogP contribution in [-0.2, 0) is 0 Å². The molecule has 0 saturated heterocycles. The number of phenols is 1. The van der Waals surface area contributed by atoms with Crippen LogP contribution in [0.1, 0.15) is 52.7 Å². The van der Waals surface area contributed by atoms with Gasteiger partial charge in [-0.2, -0.15) is 0 Å². The highest BCUT2D eigenvalue weighted by Gasteiger charge is 2.41. The minimum absolute atomic E-state index is 0.334. The molecular formula is C22H30OSi. The fourth-order valence-electron chi connectivity index (χ4n) is 4.26. The summed E-state index contributed by atoms with van der Waals surface area (Å²) in [6.07, 6.45) is 0. The summed E-state index contributed by atoms with van der Waals surface area (Å²) in [5.41, 5.74) is 7.60. The van der Waals surface area contributed by atoms with E-state index in [1.54, 1.807) is 0 Å². The third kappa shape index (κ3) is 3.23. The van der Waals surface area contributed by atoms with Crippen LogP contribution in [0.3, 0.4) is 0 Å². The van der Waals surface area contributed by atoms with Crippen molar-refractivity contribution < 1.29 is 5.11 Å². The van der Waals surface area contributed by atoms with Gasteiger partial charge in [0, 0.05) is 10.9 Å². The lowest BCUT2D eigenvalue weighted by Gasteiger charge is -2.38. The average molecular weight is 339 g/mol. The van der Waals surface area contributed by atoms with Crippen LogP contribution in [0.4, 0.5) is 0 Å². The van der Waals surface area contributed by atoms with E-state index in [9.17, 15) is 5.11 Å². The van der Waals surface area contributed by atoms with Crippen LogP contribution in [0, 0.1) is 18.4 Å². The van der Waals surface area contributed by atoms with Crippen molar-refractivity contribution in [3.63, 3.8) is 0 Å². The van der Waals surface area contributed by atoms with Gasteiger partial charge >= 0.3 is 0 Å². The second kappa shape index (κ2) is 7.03. The van der Waals surface area contributed by atoms with Crippen molar-refractivity contribution in [3.8, 4) is 17.2 Å². The van der Waals surface area contributed by atoms with Crippen LogP contribution in [-0.4, -0.2) is 13.2 Å². The summed E-state index contributed by atoms with van der Waals surface area (Å²) in [6, 6.07) is 10.0. The molecule has 2 heteroatoms. The standard InChI is InChI=1S/C22H30OSi/c1-15(2)24(16(3)4,17(5)6)12-11-19-9-8-10-20-13-18(7)14-21(23)22(19)20/h8-10,13-17,23H,1-7H3. The van der Waals surface area contributed by atoms with Crippen LogP contribution in [0.2, 0.25) is 16.6 Å². The highest BCUT2D eigenvalue weighted by molar-refractivity contribution is 6.90.